The normalized spacial score (nSPS) is 19.4. The molecule has 2 heterocycles. The zero-order valence-corrected chi connectivity index (χ0v) is 19.5. The van der Waals surface area contributed by atoms with Crippen LogP contribution >= 0.6 is 0 Å². The van der Waals surface area contributed by atoms with Crippen LogP contribution in [0.2, 0.25) is 0 Å². The third kappa shape index (κ3) is 4.47. The van der Waals surface area contributed by atoms with Crippen LogP contribution in [0.15, 0.2) is 48.0 Å². The van der Waals surface area contributed by atoms with Gasteiger partial charge >= 0.3 is 0 Å². The van der Waals surface area contributed by atoms with E-state index in [1.807, 2.05) is 24.3 Å². The first kappa shape index (κ1) is 22.9. The number of amides is 1. The number of carbonyl (C=O) groups is 2. The lowest BCUT2D eigenvalue weighted by molar-refractivity contribution is -0.139. The molecule has 0 bridgehead atoms. The Morgan fingerprint density at radius 2 is 1.73 bits per heavy atom. The molecule has 174 valence electrons. The molecule has 4 rings (SSSR count). The Balaban J connectivity index is 1.79. The molecule has 33 heavy (non-hydrogen) atoms. The predicted octanol–water partition coefficient (Wildman–Crippen LogP) is 5.19. The monoisotopic (exact) mass is 449 g/mol. The lowest BCUT2D eigenvalue weighted by Gasteiger charge is -2.26. The first-order chi connectivity index (χ1) is 15.9. The minimum atomic E-state index is -0.656. The van der Waals surface area contributed by atoms with Crippen LogP contribution in [0.4, 0.5) is 0 Å². The molecule has 1 fully saturated rings. The summed E-state index contributed by atoms with van der Waals surface area (Å²) in [4.78, 5) is 27.8. The highest BCUT2D eigenvalue weighted by molar-refractivity contribution is 6.46. The van der Waals surface area contributed by atoms with Crippen molar-refractivity contribution in [1.29, 1.82) is 0 Å². The highest BCUT2D eigenvalue weighted by atomic mass is 16.6. The van der Waals surface area contributed by atoms with Crippen LogP contribution in [-0.4, -0.2) is 41.5 Å². The second-order valence-corrected chi connectivity index (χ2v) is 8.88. The number of aliphatic hydroxyl groups excluding tert-OH is 1. The van der Waals surface area contributed by atoms with Crippen LogP contribution in [0.1, 0.15) is 68.7 Å². The molecule has 2 aliphatic heterocycles. The van der Waals surface area contributed by atoms with Crippen molar-refractivity contribution in [3.05, 3.63) is 64.7 Å². The number of ketones is 1. The van der Waals surface area contributed by atoms with Gasteiger partial charge in [0.1, 0.15) is 19.0 Å². The van der Waals surface area contributed by atoms with E-state index in [1.54, 1.807) is 23.1 Å². The molecule has 6 nitrogen and oxygen atoms in total. The zero-order chi connectivity index (χ0) is 23.5. The van der Waals surface area contributed by atoms with E-state index < -0.39 is 17.7 Å². The number of aliphatic hydroxyl groups is 1. The topological polar surface area (TPSA) is 76.1 Å². The molecule has 1 N–H and O–H groups in total. The predicted molar refractivity (Wildman–Crippen MR) is 126 cm³/mol. The van der Waals surface area contributed by atoms with Crippen LogP contribution in [0.3, 0.4) is 0 Å². The molecule has 0 aliphatic carbocycles. The number of benzene rings is 2. The van der Waals surface area contributed by atoms with Gasteiger partial charge in [-0.05, 0) is 41.7 Å². The van der Waals surface area contributed by atoms with Gasteiger partial charge in [-0.2, -0.15) is 0 Å². The third-order valence-corrected chi connectivity index (χ3v) is 6.28. The van der Waals surface area contributed by atoms with E-state index in [0.717, 1.165) is 24.8 Å². The van der Waals surface area contributed by atoms with Gasteiger partial charge in [-0.3, -0.25) is 9.59 Å². The Morgan fingerprint density at radius 1 is 1.03 bits per heavy atom. The number of hydrogen-bond acceptors (Lipinski definition) is 5. The highest BCUT2D eigenvalue weighted by Gasteiger charge is 2.45. The van der Waals surface area contributed by atoms with Gasteiger partial charge in [0.15, 0.2) is 11.5 Å². The molecule has 0 spiro atoms. The van der Waals surface area contributed by atoms with Crippen molar-refractivity contribution in [2.45, 2.75) is 52.0 Å². The minimum Gasteiger partial charge on any atom is -0.507 e. The second-order valence-electron chi connectivity index (χ2n) is 8.88. The van der Waals surface area contributed by atoms with Gasteiger partial charge in [0.05, 0.1) is 11.6 Å². The molecule has 0 aromatic heterocycles. The number of unbranched alkanes of at least 4 members (excludes halogenated alkanes) is 2. The summed E-state index contributed by atoms with van der Waals surface area (Å²) in [7, 11) is 0. The first-order valence-electron chi connectivity index (χ1n) is 11.7. The van der Waals surface area contributed by atoms with Gasteiger partial charge in [-0.1, -0.05) is 57.9 Å². The molecule has 2 aromatic carbocycles. The van der Waals surface area contributed by atoms with Crippen molar-refractivity contribution >= 4 is 17.4 Å². The van der Waals surface area contributed by atoms with E-state index in [4.69, 9.17) is 9.47 Å². The smallest absolute Gasteiger partial charge is 0.295 e. The average molecular weight is 450 g/mol. The lowest BCUT2D eigenvalue weighted by Crippen LogP contribution is -2.30. The molecule has 2 aliphatic rings. The average Bonchev–Trinajstić information content (AvgIpc) is 3.08. The van der Waals surface area contributed by atoms with Crippen molar-refractivity contribution in [1.82, 2.24) is 4.90 Å². The fourth-order valence-corrected chi connectivity index (χ4v) is 4.40. The number of hydrogen-bond donors (Lipinski definition) is 1. The Hall–Kier alpha value is -3.28. The Kier molecular flexibility index (Phi) is 6.72. The first-order valence-corrected chi connectivity index (χ1v) is 11.7. The van der Waals surface area contributed by atoms with Crippen molar-refractivity contribution in [3.63, 3.8) is 0 Å². The van der Waals surface area contributed by atoms with Gasteiger partial charge in [0.25, 0.3) is 11.7 Å². The molecule has 2 aromatic rings. The summed E-state index contributed by atoms with van der Waals surface area (Å²) in [5.41, 5.74) is 2.53. The third-order valence-electron chi connectivity index (χ3n) is 6.28. The minimum absolute atomic E-state index is 0.116. The Morgan fingerprint density at radius 3 is 2.39 bits per heavy atom. The standard InChI is InChI=1S/C27H31NO5/c1-4-5-6-13-28-24(19-9-7-18(8-10-19)17(2)3)23(26(30)27(28)31)25(29)20-11-12-21-22(16-20)33-15-14-32-21/h7-12,16-17,24,29H,4-6,13-15H2,1-3H3/b25-23-. The van der Waals surface area contributed by atoms with Gasteiger partial charge in [-0.25, -0.2) is 0 Å². The summed E-state index contributed by atoms with van der Waals surface area (Å²) in [6.07, 6.45) is 2.77. The fraction of sp³-hybridized carbons (Fsp3) is 0.407. The lowest BCUT2D eigenvalue weighted by atomic mass is 9.93. The maximum absolute atomic E-state index is 13.1. The van der Waals surface area contributed by atoms with E-state index in [-0.39, 0.29) is 11.3 Å². The van der Waals surface area contributed by atoms with Crippen molar-refractivity contribution in [2.75, 3.05) is 19.8 Å². The zero-order valence-electron chi connectivity index (χ0n) is 19.5. The highest BCUT2D eigenvalue weighted by Crippen LogP contribution is 2.41. The Labute approximate surface area is 194 Å². The number of nitrogens with zero attached hydrogens (tertiary/aromatic N) is 1. The number of likely N-dealkylation sites (tertiary alicyclic amines) is 1. The van der Waals surface area contributed by atoms with Crippen LogP contribution < -0.4 is 9.47 Å². The summed E-state index contributed by atoms with van der Waals surface area (Å²) in [6, 6.07) is 12.4. The molecular weight excluding hydrogens is 418 g/mol. The largest absolute Gasteiger partial charge is 0.507 e. The molecule has 1 atom stereocenters. The summed E-state index contributed by atoms with van der Waals surface area (Å²) in [6.45, 7) is 7.68. The molecule has 1 saturated heterocycles. The van der Waals surface area contributed by atoms with E-state index >= 15 is 0 Å². The maximum atomic E-state index is 13.1. The summed E-state index contributed by atoms with van der Waals surface area (Å²) < 4.78 is 11.2. The molecule has 0 saturated carbocycles. The van der Waals surface area contributed by atoms with Crippen LogP contribution in [0.5, 0.6) is 11.5 Å². The number of carbonyl (C=O) groups excluding carboxylic acids is 2. The van der Waals surface area contributed by atoms with Gasteiger partial charge in [-0.15, -0.1) is 0 Å². The quantitative estimate of drug-likeness (QED) is 0.272. The molecule has 0 radical (unpaired) electrons. The number of ether oxygens (including phenoxy) is 2. The van der Waals surface area contributed by atoms with Crippen LogP contribution in [-0.2, 0) is 9.59 Å². The van der Waals surface area contributed by atoms with Gasteiger partial charge in [0, 0.05) is 12.1 Å². The van der Waals surface area contributed by atoms with E-state index in [0.29, 0.717) is 42.7 Å². The van der Waals surface area contributed by atoms with Crippen LogP contribution in [0.25, 0.3) is 5.76 Å². The van der Waals surface area contributed by atoms with E-state index in [2.05, 4.69) is 20.8 Å². The molecular formula is C27H31NO5. The van der Waals surface area contributed by atoms with Gasteiger partial charge in [0.2, 0.25) is 0 Å². The van der Waals surface area contributed by atoms with Gasteiger partial charge < -0.3 is 19.5 Å². The molecule has 6 heteroatoms. The number of rotatable bonds is 7. The van der Waals surface area contributed by atoms with Crippen molar-refractivity contribution in [3.8, 4) is 11.5 Å². The summed E-state index contributed by atoms with van der Waals surface area (Å²) >= 11 is 0. The van der Waals surface area contributed by atoms with Crippen LogP contribution in [0, 0.1) is 0 Å². The SMILES string of the molecule is CCCCCN1C(=O)C(=O)/C(=C(\O)c2ccc3c(c2)OCCO3)C1c1ccc(C(C)C)cc1. The van der Waals surface area contributed by atoms with E-state index in [1.165, 1.54) is 5.56 Å². The molecule has 1 amide bonds. The summed E-state index contributed by atoms with van der Waals surface area (Å²) in [5.74, 6) is 0.0628. The van der Waals surface area contributed by atoms with Crippen molar-refractivity contribution in [2.24, 2.45) is 0 Å². The second kappa shape index (κ2) is 9.69. The Bertz CT molecular complexity index is 1070. The van der Waals surface area contributed by atoms with E-state index in [9.17, 15) is 14.7 Å². The number of Topliss-reactive ketones (excluding diaryl/α,β-unsaturated/α-hetero) is 1. The van der Waals surface area contributed by atoms with Crippen molar-refractivity contribution < 1.29 is 24.2 Å². The number of fused-ring (bicyclic) bond motifs is 1. The fourth-order valence-electron chi connectivity index (χ4n) is 4.40. The maximum Gasteiger partial charge on any atom is 0.295 e. The molecule has 1 unspecified atom stereocenters. The summed E-state index contributed by atoms with van der Waals surface area (Å²) in [5, 5.41) is 11.3.